The highest BCUT2D eigenvalue weighted by Gasteiger charge is 2.28. The Kier molecular flexibility index (Phi) is 4.02. The Hall–Kier alpha value is -0.870. The van der Waals surface area contributed by atoms with E-state index in [4.69, 9.17) is 0 Å². The summed E-state index contributed by atoms with van der Waals surface area (Å²) in [5.41, 5.74) is 5.13. The molecule has 1 saturated heterocycles. The Bertz CT molecular complexity index is 578. The molecule has 2 unspecified atom stereocenters. The quantitative estimate of drug-likeness (QED) is 0.925. The summed E-state index contributed by atoms with van der Waals surface area (Å²) < 4.78 is 23.0. The molecule has 0 spiro atoms. The summed E-state index contributed by atoms with van der Waals surface area (Å²) in [6.45, 7) is 8.46. The summed E-state index contributed by atoms with van der Waals surface area (Å²) in [6, 6.07) is 4.71. The van der Waals surface area contributed by atoms with Gasteiger partial charge in [0.25, 0.3) is 0 Å². The molecule has 0 radical (unpaired) electrons. The largest absolute Gasteiger partial charge is 0.306 e. The van der Waals surface area contributed by atoms with Crippen molar-refractivity contribution in [1.82, 2.24) is 5.32 Å². The Balaban J connectivity index is 2.12. The molecule has 19 heavy (non-hydrogen) atoms. The lowest BCUT2D eigenvalue weighted by Gasteiger charge is -2.21. The first kappa shape index (κ1) is 14.5. The van der Waals surface area contributed by atoms with Crippen molar-refractivity contribution >= 4 is 9.84 Å². The minimum atomic E-state index is -2.81. The van der Waals surface area contributed by atoms with Crippen LogP contribution in [0.1, 0.15) is 41.6 Å². The molecular weight excluding hydrogens is 258 g/mol. The van der Waals surface area contributed by atoms with E-state index in [0.29, 0.717) is 5.75 Å². The number of nitrogens with one attached hydrogen (secondary N) is 1. The molecule has 2 rings (SSSR count). The first-order valence-electron chi connectivity index (χ1n) is 6.83. The highest BCUT2D eigenvalue weighted by atomic mass is 32.2. The van der Waals surface area contributed by atoms with Gasteiger partial charge in [-0.25, -0.2) is 8.42 Å². The molecule has 1 aliphatic heterocycles. The van der Waals surface area contributed by atoms with Crippen LogP contribution in [0.15, 0.2) is 12.1 Å². The molecule has 3 nitrogen and oxygen atoms in total. The van der Waals surface area contributed by atoms with Crippen molar-refractivity contribution < 1.29 is 8.42 Å². The summed E-state index contributed by atoms with van der Waals surface area (Å²) in [5, 5.41) is 3.46. The van der Waals surface area contributed by atoms with E-state index < -0.39 is 9.84 Å². The van der Waals surface area contributed by atoms with Crippen molar-refractivity contribution in [3.8, 4) is 0 Å². The van der Waals surface area contributed by atoms with Crippen molar-refractivity contribution in [2.75, 3.05) is 11.5 Å². The predicted octanol–water partition coefficient (Wildman–Crippen LogP) is 2.45. The first-order chi connectivity index (χ1) is 8.78. The third kappa shape index (κ3) is 3.37. The Morgan fingerprint density at radius 3 is 2.37 bits per heavy atom. The molecule has 2 atom stereocenters. The monoisotopic (exact) mass is 281 g/mol. The molecule has 0 saturated carbocycles. The van der Waals surface area contributed by atoms with E-state index in [-0.39, 0.29) is 17.8 Å². The van der Waals surface area contributed by atoms with Crippen molar-refractivity contribution in [3.63, 3.8) is 0 Å². The van der Waals surface area contributed by atoms with Crippen LogP contribution in [-0.2, 0) is 9.84 Å². The first-order valence-corrected chi connectivity index (χ1v) is 8.65. The van der Waals surface area contributed by atoms with Crippen LogP contribution in [0.25, 0.3) is 0 Å². The molecule has 0 aliphatic carbocycles. The van der Waals surface area contributed by atoms with Crippen LogP contribution in [0.4, 0.5) is 0 Å². The Morgan fingerprint density at radius 2 is 1.79 bits per heavy atom. The zero-order valence-electron chi connectivity index (χ0n) is 12.2. The maximum absolute atomic E-state index is 11.5. The maximum atomic E-state index is 11.5. The van der Waals surface area contributed by atoms with Gasteiger partial charge in [0.2, 0.25) is 0 Å². The standard InChI is InChI=1S/C15H23NO2S/c1-10-7-12(3)15(8-11(10)2)13(4)16-14-5-6-19(17,18)9-14/h7-8,13-14,16H,5-6,9H2,1-4H3. The van der Waals surface area contributed by atoms with Crippen LogP contribution < -0.4 is 5.32 Å². The van der Waals surface area contributed by atoms with Crippen LogP contribution in [0, 0.1) is 20.8 Å². The van der Waals surface area contributed by atoms with Gasteiger partial charge in [0.05, 0.1) is 11.5 Å². The van der Waals surface area contributed by atoms with Crippen LogP contribution in [-0.4, -0.2) is 26.0 Å². The number of aryl methyl sites for hydroxylation is 3. The fourth-order valence-electron chi connectivity index (χ4n) is 2.82. The van der Waals surface area contributed by atoms with Gasteiger partial charge in [0.1, 0.15) is 0 Å². The smallest absolute Gasteiger partial charge is 0.151 e. The van der Waals surface area contributed by atoms with Gasteiger partial charge in [-0.2, -0.15) is 0 Å². The fraction of sp³-hybridized carbons (Fsp3) is 0.600. The van der Waals surface area contributed by atoms with E-state index in [1.807, 2.05) is 0 Å². The second kappa shape index (κ2) is 5.25. The molecule has 0 bridgehead atoms. The molecule has 4 heteroatoms. The molecular formula is C15H23NO2S. The van der Waals surface area contributed by atoms with Crippen LogP contribution in [0.2, 0.25) is 0 Å². The number of hydrogen-bond donors (Lipinski definition) is 1. The normalized spacial score (nSPS) is 23.5. The van der Waals surface area contributed by atoms with E-state index in [1.54, 1.807) is 0 Å². The number of sulfone groups is 1. The van der Waals surface area contributed by atoms with Gasteiger partial charge in [-0.15, -0.1) is 0 Å². The SMILES string of the molecule is Cc1cc(C)c(C(C)NC2CCS(=O)(=O)C2)cc1C. The summed E-state index contributed by atoms with van der Waals surface area (Å²) >= 11 is 0. The Morgan fingerprint density at radius 1 is 1.16 bits per heavy atom. The van der Waals surface area contributed by atoms with Gasteiger partial charge in [-0.1, -0.05) is 12.1 Å². The third-order valence-corrected chi connectivity index (χ3v) is 5.83. The number of hydrogen-bond acceptors (Lipinski definition) is 3. The van der Waals surface area contributed by atoms with Crippen LogP contribution >= 0.6 is 0 Å². The molecule has 1 aromatic carbocycles. The summed E-state index contributed by atoms with van der Waals surface area (Å²) in [6.07, 6.45) is 0.733. The second-order valence-corrected chi connectivity index (χ2v) is 8.01. The van der Waals surface area contributed by atoms with E-state index >= 15 is 0 Å². The molecule has 0 aromatic heterocycles. The molecule has 1 aromatic rings. The minimum Gasteiger partial charge on any atom is -0.306 e. The Labute approximate surface area is 116 Å². The van der Waals surface area contributed by atoms with Crippen molar-refractivity contribution in [1.29, 1.82) is 0 Å². The molecule has 1 N–H and O–H groups in total. The summed E-state index contributed by atoms with van der Waals surface area (Å²) in [5.74, 6) is 0.602. The highest BCUT2D eigenvalue weighted by molar-refractivity contribution is 7.91. The molecule has 106 valence electrons. The fourth-order valence-corrected chi connectivity index (χ4v) is 4.51. The van der Waals surface area contributed by atoms with Crippen LogP contribution in [0.5, 0.6) is 0 Å². The third-order valence-electron chi connectivity index (χ3n) is 4.07. The lowest BCUT2D eigenvalue weighted by Crippen LogP contribution is -2.32. The molecule has 0 amide bonds. The van der Waals surface area contributed by atoms with Gasteiger partial charge >= 0.3 is 0 Å². The second-order valence-electron chi connectivity index (χ2n) is 5.78. The summed E-state index contributed by atoms with van der Waals surface area (Å²) in [4.78, 5) is 0. The topological polar surface area (TPSA) is 46.2 Å². The summed E-state index contributed by atoms with van der Waals surface area (Å²) in [7, 11) is -2.81. The average Bonchev–Trinajstić information content (AvgIpc) is 2.63. The van der Waals surface area contributed by atoms with Gasteiger partial charge in [0.15, 0.2) is 9.84 Å². The van der Waals surface area contributed by atoms with E-state index in [1.165, 1.54) is 22.3 Å². The number of rotatable bonds is 3. The van der Waals surface area contributed by atoms with Crippen molar-refractivity contribution in [3.05, 3.63) is 34.4 Å². The predicted molar refractivity (Wildman–Crippen MR) is 79.3 cm³/mol. The lowest BCUT2D eigenvalue weighted by molar-refractivity contribution is 0.483. The highest BCUT2D eigenvalue weighted by Crippen LogP contribution is 2.23. The van der Waals surface area contributed by atoms with Gasteiger partial charge in [0, 0.05) is 12.1 Å². The maximum Gasteiger partial charge on any atom is 0.151 e. The van der Waals surface area contributed by atoms with E-state index in [2.05, 4.69) is 45.1 Å². The molecule has 1 aliphatic rings. The van der Waals surface area contributed by atoms with E-state index in [0.717, 1.165) is 6.42 Å². The zero-order chi connectivity index (χ0) is 14.2. The average molecular weight is 281 g/mol. The zero-order valence-corrected chi connectivity index (χ0v) is 13.0. The van der Waals surface area contributed by atoms with Crippen molar-refractivity contribution in [2.45, 2.75) is 46.2 Å². The lowest BCUT2D eigenvalue weighted by atomic mass is 9.96. The number of benzene rings is 1. The molecule has 1 fully saturated rings. The minimum absolute atomic E-state index is 0.0982. The van der Waals surface area contributed by atoms with Crippen LogP contribution in [0.3, 0.4) is 0 Å². The van der Waals surface area contributed by atoms with Gasteiger partial charge in [-0.3, -0.25) is 0 Å². The van der Waals surface area contributed by atoms with Gasteiger partial charge < -0.3 is 5.32 Å². The van der Waals surface area contributed by atoms with Gasteiger partial charge in [-0.05, 0) is 56.4 Å². The van der Waals surface area contributed by atoms with E-state index in [9.17, 15) is 8.42 Å². The van der Waals surface area contributed by atoms with Crippen molar-refractivity contribution in [2.24, 2.45) is 0 Å². The molecule has 1 heterocycles.